The Hall–Kier alpha value is -2.29. The first kappa shape index (κ1) is 13.7. The lowest BCUT2D eigenvalue weighted by Crippen LogP contribution is -2.37. The third kappa shape index (κ3) is 3.43. The van der Waals surface area contributed by atoms with Crippen molar-refractivity contribution in [2.45, 2.75) is 25.8 Å². The quantitative estimate of drug-likeness (QED) is 0.862. The highest BCUT2D eigenvalue weighted by atomic mass is 16.2. The summed E-state index contributed by atoms with van der Waals surface area (Å²) in [4.78, 5) is 12.1. The van der Waals surface area contributed by atoms with Crippen LogP contribution in [-0.4, -0.2) is 12.1 Å². The van der Waals surface area contributed by atoms with Crippen LogP contribution in [0.3, 0.4) is 0 Å². The molecule has 0 spiro atoms. The number of carbonyl (C=O) groups excluding carboxylic acids is 1. The summed E-state index contributed by atoms with van der Waals surface area (Å²) in [6, 6.07) is 18.1. The number of urea groups is 1. The molecule has 1 aliphatic carbocycles. The van der Waals surface area contributed by atoms with Gasteiger partial charge in [-0.25, -0.2) is 4.79 Å². The highest BCUT2D eigenvalue weighted by molar-refractivity contribution is 5.94. The van der Waals surface area contributed by atoms with Gasteiger partial charge >= 0.3 is 6.03 Å². The van der Waals surface area contributed by atoms with Gasteiger partial charge in [-0.2, -0.15) is 0 Å². The number of rotatable bonds is 4. The summed E-state index contributed by atoms with van der Waals surface area (Å²) in [7, 11) is 0. The second-order valence-corrected chi connectivity index (χ2v) is 5.64. The SMILES string of the molecule is CC(NC(=O)Nc1ccccc1-c1ccccc1)C1CC1. The molecule has 108 valence electrons. The minimum Gasteiger partial charge on any atom is -0.335 e. The van der Waals surface area contributed by atoms with E-state index >= 15 is 0 Å². The molecule has 0 heterocycles. The summed E-state index contributed by atoms with van der Waals surface area (Å²) < 4.78 is 0. The van der Waals surface area contributed by atoms with E-state index in [0.717, 1.165) is 16.8 Å². The number of nitrogens with one attached hydrogen (secondary N) is 2. The van der Waals surface area contributed by atoms with Gasteiger partial charge in [-0.15, -0.1) is 0 Å². The van der Waals surface area contributed by atoms with Gasteiger partial charge in [0, 0.05) is 11.6 Å². The van der Waals surface area contributed by atoms with Gasteiger partial charge in [-0.05, 0) is 37.3 Å². The molecule has 1 fully saturated rings. The fourth-order valence-corrected chi connectivity index (χ4v) is 2.54. The van der Waals surface area contributed by atoms with Crippen LogP contribution in [0.2, 0.25) is 0 Å². The molecular weight excluding hydrogens is 260 g/mol. The average Bonchev–Trinajstić information content (AvgIpc) is 3.33. The van der Waals surface area contributed by atoms with E-state index in [1.165, 1.54) is 12.8 Å². The first-order chi connectivity index (χ1) is 10.2. The molecule has 1 saturated carbocycles. The predicted octanol–water partition coefficient (Wildman–Crippen LogP) is 4.27. The van der Waals surface area contributed by atoms with Crippen molar-refractivity contribution < 1.29 is 4.79 Å². The van der Waals surface area contributed by atoms with Crippen LogP contribution in [0, 0.1) is 5.92 Å². The Labute approximate surface area is 125 Å². The fourth-order valence-electron chi connectivity index (χ4n) is 2.54. The first-order valence-electron chi connectivity index (χ1n) is 7.46. The first-order valence-corrected chi connectivity index (χ1v) is 7.46. The zero-order valence-corrected chi connectivity index (χ0v) is 12.2. The Morgan fingerprint density at radius 3 is 2.43 bits per heavy atom. The van der Waals surface area contributed by atoms with Crippen LogP contribution < -0.4 is 10.6 Å². The number of carbonyl (C=O) groups is 1. The molecule has 3 rings (SSSR count). The summed E-state index contributed by atoms with van der Waals surface area (Å²) in [6.45, 7) is 2.07. The van der Waals surface area contributed by atoms with Crippen LogP contribution in [0.5, 0.6) is 0 Å². The molecule has 2 aromatic rings. The normalized spacial score (nSPS) is 15.3. The van der Waals surface area contributed by atoms with E-state index in [9.17, 15) is 4.79 Å². The van der Waals surface area contributed by atoms with E-state index in [1.807, 2.05) is 54.6 Å². The summed E-state index contributed by atoms with van der Waals surface area (Å²) in [5, 5.41) is 5.99. The number of anilines is 1. The molecule has 0 aromatic heterocycles. The molecule has 0 bridgehead atoms. The molecular formula is C18H20N2O. The van der Waals surface area contributed by atoms with Gasteiger partial charge in [-0.1, -0.05) is 48.5 Å². The number of amides is 2. The van der Waals surface area contributed by atoms with Gasteiger partial charge < -0.3 is 10.6 Å². The number of benzene rings is 2. The van der Waals surface area contributed by atoms with Gasteiger partial charge in [0.05, 0.1) is 5.69 Å². The van der Waals surface area contributed by atoms with Crippen molar-refractivity contribution in [1.82, 2.24) is 5.32 Å². The van der Waals surface area contributed by atoms with Gasteiger partial charge in [0.15, 0.2) is 0 Å². The minimum atomic E-state index is -0.127. The fraction of sp³-hybridized carbons (Fsp3) is 0.278. The Balaban J connectivity index is 1.74. The largest absolute Gasteiger partial charge is 0.335 e. The van der Waals surface area contributed by atoms with E-state index in [1.54, 1.807) is 0 Å². The van der Waals surface area contributed by atoms with Crippen LogP contribution in [0.15, 0.2) is 54.6 Å². The third-order valence-corrected chi connectivity index (χ3v) is 3.95. The monoisotopic (exact) mass is 280 g/mol. The van der Waals surface area contributed by atoms with E-state index in [4.69, 9.17) is 0 Å². The molecule has 2 amide bonds. The molecule has 2 N–H and O–H groups in total. The highest BCUT2D eigenvalue weighted by Crippen LogP contribution is 2.32. The second-order valence-electron chi connectivity index (χ2n) is 5.64. The van der Waals surface area contributed by atoms with E-state index in [0.29, 0.717) is 5.92 Å². The molecule has 1 unspecified atom stereocenters. The van der Waals surface area contributed by atoms with Crippen molar-refractivity contribution in [2.75, 3.05) is 5.32 Å². The molecule has 1 atom stereocenters. The van der Waals surface area contributed by atoms with Crippen molar-refractivity contribution in [3.63, 3.8) is 0 Å². The Bertz CT molecular complexity index is 620. The van der Waals surface area contributed by atoms with Crippen molar-refractivity contribution >= 4 is 11.7 Å². The number of hydrogen-bond acceptors (Lipinski definition) is 1. The third-order valence-electron chi connectivity index (χ3n) is 3.95. The van der Waals surface area contributed by atoms with Crippen molar-refractivity contribution in [3.8, 4) is 11.1 Å². The lowest BCUT2D eigenvalue weighted by Gasteiger charge is -2.15. The molecule has 0 radical (unpaired) electrons. The zero-order chi connectivity index (χ0) is 14.7. The molecule has 2 aromatic carbocycles. The van der Waals surface area contributed by atoms with Crippen LogP contribution in [0.25, 0.3) is 11.1 Å². The summed E-state index contributed by atoms with van der Waals surface area (Å²) in [5.74, 6) is 0.653. The molecule has 0 aliphatic heterocycles. The van der Waals surface area contributed by atoms with E-state index in [2.05, 4.69) is 17.6 Å². The smallest absolute Gasteiger partial charge is 0.319 e. The maximum absolute atomic E-state index is 12.1. The molecule has 21 heavy (non-hydrogen) atoms. The zero-order valence-electron chi connectivity index (χ0n) is 12.2. The second kappa shape index (κ2) is 6.00. The average molecular weight is 280 g/mol. The summed E-state index contributed by atoms with van der Waals surface area (Å²) >= 11 is 0. The van der Waals surface area contributed by atoms with Crippen LogP contribution >= 0.6 is 0 Å². The minimum absolute atomic E-state index is 0.127. The lowest BCUT2D eigenvalue weighted by atomic mass is 10.0. The molecule has 3 heteroatoms. The predicted molar refractivity (Wildman–Crippen MR) is 86.2 cm³/mol. The van der Waals surface area contributed by atoms with Crippen LogP contribution in [0.1, 0.15) is 19.8 Å². The van der Waals surface area contributed by atoms with Gasteiger partial charge in [0.2, 0.25) is 0 Å². The van der Waals surface area contributed by atoms with Gasteiger partial charge in [0.25, 0.3) is 0 Å². The van der Waals surface area contributed by atoms with Crippen molar-refractivity contribution in [2.24, 2.45) is 5.92 Å². The highest BCUT2D eigenvalue weighted by Gasteiger charge is 2.28. The van der Waals surface area contributed by atoms with Crippen molar-refractivity contribution in [1.29, 1.82) is 0 Å². The van der Waals surface area contributed by atoms with E-state index < -0.39 is 0 Å². The van der Waals surface area contributed by atoms with Crippen LogP contribution in [0.4, 0.5) is 10.5 Å². The maximum Gasteiger partial charge on any atom is 0.319 e. The topological polar surface area (TPSA) is 41.1 Å². The maximum atomic E-state index is 12.1. The Morgan fingerprint density at radius 1 is 1.05 bits per heavy atom. The van der Waals surface area contributed by atoms with Crippen molar-refractivity contribution in [3.05, 3.63) is 54.6 Å². The van der Waals surface area contributed by atoms with Crippen LogP contribution in [-0.2, 0) is 0 Å². The molecule has 0 saturated heterocycles. The standard InChI is InChI=1S/C18H20N2O/c1-13(14-11-12-14)19-18(21)20-17-10-6-5-9-16(17)15-7-3-2-4-8-15/h2-10,13-14H,11-12H2,1H3,(H2,19,20,21). The lowest BCUT2D eigenvalue weighted by molar-refractivity contribution is 0.248. The number of para-hydroxylation sites is 1. The van der Waals surface area contributed by atoms with E-state index in [-0.39, 0.29) is 12.1 Å². The van der Waals surface area contributed by atoms with Gasteiger partial charge in [0.1, 0.15) is 0 Å². The summed E-state index contributed by atoms with van der Waals surface area (Å²) in [6.07, 6.45) is 2.45. The Kier molecular flexibility index (Phi) is 3.91. The van der Waals surface area contributed by atoms with Gasteiger partial charge in [-0.3, -0.25) is 0 Å². The Morgan fingerprint density at radius 2 is 1.71 bits per heavy atom. The molecule has 3 nitrogen and oxygen atoms in total. The number of hydrogen-bond donors (Lipinski definition) is 2. The molecule has 1 aliphatic rings. The summed E-state index contributed by atoms with van der Waals surface area (Å²) in [5.41, 5.74) is 2.97.